The van der Waals surface area contributed by atoms with Gasteiger partial charge in [0.05, 0.1) is 47.2 Å². The van der Waals surface area contributed by atoms with E-state index in [1.165, 1.54) is 0 Å². The van der Waals surface area contributed by atoms with Crippen molar-refractivity contribution in [2.75, 3.05) is 31.2 Å². The van der Waals surface area contributed by atoms with Crippen molar-refractivity contribution in [3.63, 3.8) is 0 Å². The molecular formula is C20H20N6O2. The van der Waals surface area contributed by atoms with E-state index in [1.807, 2.05) is 44.3 Å². The van der Waals surface area contributed by atoms with Crippen molar-refractivity contribution in [1.29, 1.82) is 0 Å². The molecule has 0 amide bonds. The molecule has 5 rings (SSSR count). The number of nitrogens with one attached hydrogen (secondary N) is 1. The van der Waals surface area contributed by atoms with Crippen LogP contribution in [0.3, 0.4) is 0 Å². The number of morpholine rings is 1. The lowest BCUT2D eigenvalue weighted by Gasteiger charge is -2.28. The van der Waals surface area contributed by atoms with Crippen molar-refractivity contribution in [2.45, 2.75) is 13.8 Å². The number of H-pyrrole nitrogens is 1. The summed E-state index contributed by atoms with van der Waals surface area (Å²) in [4.78, 5) is 27.0. The summed E-state index contributed by atoms with van der Waals surface area (Å²) < 4.78 is 7.18. The monoisotopic (exact) mass is 376 g/mol. The van der Waals surface area contributed by atoms with E-state index in [9.17, 15) is 4.79 Å². The number of aromatic nitrogens is 5. The van der Waals surface area contributed by atoms with E-state index in [4.69, 9.17) is 4.74 Å². The van der Waals surface area contributed by atoms with Gasteiger partial charge < -0.3 is 14.6 Å². The van der Waals surface area contributed by atoms with Crippen molar-refractivity contribution in [2.24, 2.45) is 0 Å². The van der Waals surface area contributed by atoms with Crippen molar-refractivity contribution >= 4 is 22.1 Å². The number of anilines is 1. The molecule has 0 unspecified atom stereocenters. The van der Waals surface area contributed by atoms with Gasteiger partial charge in [-0.25, -0.2) is 9.50 Å². The predicted molar refractivity (Wildman–Crippen MR) is 107 cm³/mol. The molecule has 1 aliphatic heterocycles. The second kappa shape index (κ2) is 6.42. The lowest BCUT2D eigenvalue weighted by atomic mass is 10.2. The first-order chi connectivity index (χ1) is 13.6. The molecule has 1 aliphatic rings. The zero-order chi connectivity index (χ0) is 19.3. The minimum atomic E-state index is -0.168. The zero-order valence-corrected chi connectivity index (χ0v) is 15.8. The fourth-order valence-corrected chi connectivity index (χ4v) is 3.67. The van der Waals surface area contributed by atoms with Gasteiger partial charge in [0, 0.05) is 18.8 Å². The molecule has 8 nitrogen and oxygen atoms in total. The SMILES string of the molecule is Cc1cn2nc(-c3nc4ccc(N5CCOCC5)cc4c(=O)[nH]3)cc2c(C)n1. The molecule has 8 heteroatoms. The van der Waals surface area contributed by atoms with Crippen LogP contribution in [-0.2, 0) is 4.74 Å². The first-order valence-electron chi connectivity index (χ1n) is 9.29. The highest BCUT2D eigenvalue weighted by Crippen LogP contribution is 2.22. The number of benzene rings is 1. The number of hydrogen-bond donors (Lipinski definition) is 1. The highest BCUT2D eigenvalue weighted by molar-refractivity contribution is 5.83. The molecule has 1 saturated heterocycles. The van der Waals surface area contributed by atoms with Crippen LogP contribution < -0.4 is 10.5 Å². The van der Waals surface area contributed by atoms with E-state index < -0.39 is 0 Å². The molecule has 0 aliphatic carbocycles. The molecule has 0 spiro atoms. The zero-order valence-electron chi connectivity index (χ0n) is 15.8. The minimum Gasteiger partial charge on any atom is -0.378 e. The number of rotatable bonds is 2. The van der Waals surface area contributed by atoms with Gasteiger partial charge in [0.1, 0.15) is 5.69 Å². The van der Waals surface area contributed by atoms with E-state index in [-0.39, 0.29) is 5.56 Å². The maximum atomic E-state index is 12.8. The van der Waals surface area contributed by atoms with Gasteiger partial charge in [0.25, 0.3) is 5.56 Å². The highest BCUT2D eigenvalue weighted by atomic mass is 16.5. The Labute approximate surface area is 160 Å². The molecule has 1 N–H and O–H groups in total. The number of hydrogen-bond acceptors (Lipinski definition) is 6. The average Bonchev–Trinajstić information content (AvgIpc) is 3.13. The van der Waals surface area contributed by atoms with Crippen LogP contribution in [0.1, 0.15) is 11.4 Å². The van der Waals surface area contributed by atoms with Gasteiger partial charge in [-0.15, -0.1) is 0 Å². The summed E-state index contributed by atoms with van der Waals surface area (Å²) >= 11 is 0. The van der Waals surface area contributed by atoms with Crippen molar-refractivity contribution in [3.8, 4) is 11.5 Å². The van der Waals surface area contributed by atoms with E-state index in [1.54, 1.807) is 4.52 Å². The van der Waals surface area contributed by atoms with E-state index in [2.05, 4.69) is 25.0 Å². The maximum Gasteiger partial charge on any atom is 0.259 e. The Balaban J connectivity index is 1.60. The van der Waals surface area contributed by atoms with Gasteiger partial charge in [-0.05, 0) is 38.1 Å². The van der Waals surface area contributed by atoms with Gasteiger partial charge in [0.15, 0.2) is 5.82 Å². The largest absolute Gasteiger partial charge is 0.378 e. The fourth-order valence-electron chi connectivity index (χ4n) is 3.67. The summed E-state index contributed by atoms with van der Waals surface area (Å²) in [6, 6.07) is 7.70. The molecule has 0 bridgehead atoms. The van der Waals surface area contributed by atoms with Gasteiger partial charge in [0.2, 0.25) is 0 Å². The molecule has 0 radical (unpaired) electrons. The Morgan fingerprint density at radius 3 is 2.75 bits per heavy atom. The second-order valence-electron chi connectivity index (χ2n) is 7.04. The molecule has 142 valence electrons. The van der Waals surface area contributed by atoms with Crippen LogP contribution in [0.5, 0.6) is 0 Å². The van der Waals surface area contributed by atoms with Crippen LogP contribution in [0, 0.1) is 13.8 Å². The van der Waals surface area contributed by atoms with Crippen LogP contribution in [0.2, 0.25) is 0 Å². The summed E-state index contributed by atoms with van der Waals surface area (Å²) in [5.74, 6) is 0.456. The lowest BCUT2D eigenvalue weighted by molar-refractivity contribution is 0.122. The summed E-state index contributed by atoms with van der Waals surface area (Å²) in [6.45, 7) is 6.92. The van der Waals surface area contributed by atoms with Gasteiger partial charge in [-0.1, -0.05) is 0 Å². The standard InChI is InChI=1S/C20H20N6O2/c1-12-11-26-18(13(2)21-12)10-17(24-26)19-22-16-4-3-14(9-15(16)20(27)23-19)25-5-7-28-8-6-25/h3-4,9-11H,5-8H2,1-2H3,(H,22,23,27). The van der Waals surface area contributed by atoms with Gasteiger partial charge >= 0.3 is 0 Å². The number of nitrogens with zero attached hydrogens (tertiary/aromatic N) is 5. The molecule has 4 heterocycles. The van der Waals surface area contributed by atoms with Crippen molar-refractivity contribution in [1.82, 2.24) is 24.6 Å². The second-order valence-corrected chi connectivity index (χ2v) is 7.04. The first kappa shape index (κ1) is 16.9. The molecule has 28 heavy (non-hydrogen) atoms. The Morgan fingerprint density at radius 1 is 1.11 bits per heavy atom. The van der Waals surface area contributed by atoms with Gasteiger partial charge in [-0.2, -0.15) is 5.10 Å². The average molecular weight is 376 g/mol. The summed E-state index contributed by atoms with van der Waals surface area (Å²) in [5.41, 5.74) is 4.78. The summed E-state index contributed by atoms with van der Waals surface area (Å²) in [7, 11) is 0. The smallest absolute Gasteiger partial charge is 0.259 e. The van der Waals surface area contributed by atoms with E-state index in [0.29, 0.717) is 35.6 Å². The van der Waals surface area contributed by atoms with Crippen LogP contribution in [0.4, 0.5) is 5.69 Å². The lowest BCUT2D eigenvalue weighted by Crippen LogP contribution is -2.36. The van der Waals surface area contributed by atoms with Crippen molar-refractivity contribution < 1.29 is 4.74 Å². The van der Waals surface area contributed by atoms with Crippen LogP contribution in [0.15, 0.2) is 35.3 Å². The molecule has 0 atom stereocenters. The first-order valence-corrected chi connectivity index (χ1v) is 9.29. The third-order valence-electron chi connectivity index (χ3n) is 5.07. The van der Waals surface area contributed by atoms with Gasteiger partial charge in [-0.3, -0.25) is 9.78 Å². The molecule has 0 saturated carbocycles. The van der Waals surface area contributed by atoms with Crippen molar-refractivity contribution in [3.05, 3.63) is 52.2 Å². The minimum absolute atomic E-state index is 0.168. The molecule has 1 aromatic carbocycles. The van der Waals surface area contributed by atoms with E-state index >= 15 is 0 Å². The Bertz CT molecular complexity index is 1250. The third kappa shape index (κ3) is 2.82. The summed E-state index contributed by atoms with van der Waals surface area (Å²) in [5, 5.41) is 5.14. The Kier molecular flexibility index (Phi) is 3.87. The maximum absolute atomic E-state index is 12.8. The number of aromatic amines is 1. The van der Waals surface area contributed by atoms with E-state index in [0.717, 1.165) is 35.7 Å². The van der Waals surface area contributed by atoms with Crippen LogP contribution in [0.25, 0.3) is 27.9 Å². The molecular weight excluding hydrogens is 356 g/mol. The molecule has 1 fully saturated rings. The van der Waals surface area contributed by atoms with Crippen LogP contribution in [-0.4, -0.2) is 50.9 Å². The predicted octanol–water partition coefficient (Wildman–Crippen LogP) is 2.09. The molecule has 4 aromatic rings. The Hall–Kier alpha value is -3.26. The quantitative estimate of drug-likeness (QED) is 0.576. The summed E-state index contributed by atoms with van der Waals surface area (Å²) in [6.07, 6.45) is 1.86. The topological polar surface area (TPSA) is 88.4 Å². The fraction of sp³-hybridized carbons (Fsp3) is 0.300. The normalized spacial score (nSPS) is 14.9. The number of aryl methyl sites for hydroxylation is 2. The number of ether oxygens (including phenoxy) is 1. The third-order valence-corrected chi connectivity index (χ3v) is 5.07. The van der Waals surface area contributed by atoms with Crippen LogP contribution >= 0.6 is 0 Å². The number of fused-ring (bicyclic) bond motifs is 2. The molecule has 3 aromatic heterocycles. The highest BCUT2D eigenvalue weighted by Gasteiger charge is 2.15. The Morgan fingerprint density at radius 2 is 1.93 bits per heavy atom.